The molecular weight excluding hydrogens is 398 g/mol. The molecule has 0 amide bonds. The number of fused-ring (bicyclic) bond motifs is 1. The maximum absolute atomic E-state index is 13.6. The van der Waals surface area contributed by atoms with E-state index >= 15 is 0 Å². The summed E-state index contributed by atoms with van der Waals surface area (Å²) in [6.07, 6.45) is 2.64. The van der Waals surface area contributed by atoms with Gasteiger partial charge < -0.3 is 9.88 Å². The second-order valence-electron chi connectivity index (χ2n) is 6.41. The van der Waals surface area contributed by atoms with Crippen molar-refractivity contribution in [1.29, 1.82) is 0 Å². The van der Waals surface area contributed by atoms with Crippen molar-refractivity contribution in [2.75, 3.05) is 5.32 Å². The van der Waals surface area contributed by atoms with Crippen LogP contribution in [0.2, 0.25) is 10.0 Å². The molecule has 2 heterocycles. The molecule has 0 radical (unpaired) electrons. The lowest BCUT2D eigenvalue weighted by Gasteiger charge is -2.11. The van der Waals surface area contributed by atoms with Crippen LogP contribution in [-0.4, -0.2) is 14.5 Å². The van der Waals surface area contributed by atoms with E-state index in [9.17, 15) is 4.39 Å². The van der Waals surface area contributed by atoms with Gasteiger partial charge in [-0.3, -0.25) is 0 Å². The van der Waals surface area contributed by atoms with Crippen molar-refractivity contribution < 1.29 is 4.39 Å². The van der Waals surface area contributed by atoms with Crippen molar-refractivity contribution in [2.45, 2.75) is 19.9 Å². The fraction of sp³-hybridized carbons (Fsp3) is 0.143. The highest BCUT2D eigenvalue weighted by molar-refractivity contribution is 6.33. The van der Waals surface area contributed by atoms with Gasteiger partial charge in [-0.25, -0.2) is 14.4 Å². The van der Waals surface area contributed by atoms with Crippen LogP contribution in [0.5, 0.6) is 0 Å². The Morgan fingerprint density at radius 1 is 1.07 bits per heavy atom. The number of aromatic nitrogens is 3. The van der Waals surface area contributed by atoms with E-state index in [0.29, 0.717) is 21.4 Å². The summed E-state index contributed by atoms with van der Waals surface area (Å²) in [6.45, 7) is 2.85. The first kappa shape index (κ1) is 18.7. The lowest BCUT2D eigenvalue weighted by Crippen LogP contribution is -2.01. The van der Waals surface area contributed by atoms with Gasteiger partial charge in [-0.05, 0) is 48.9 Å². The van der Waals surface area contributed by atoms with E-state index in [1.807, 2.05) is 18.2 Å². The van der Waals surface area contributed by atoms with Crippen molar-refractivity contribution in [2.24, 2.45) is 0 Å². The van der Waals surface area contributed by atoms with E-state index in [0.717, 1.165) is 35.6 Å². The van der Waals surface area contributed by atoms with Gasteiger partial charge in [0.05, 0.1) is 16.1 Å². The van der Waals surface area contributed by atoms with Crippen LogP contribution in [0.3, 0.4) is 0 Å². The highest BCUT2D eigenvalue weighted by Gasteiger charge is 2.15. The molecule has 0 unspecified atom stereocenters. The van der Waals surface area contributed by atoms with E-state index in [4.69, 9.17) is 23.2 Å². The zero-order chi connectivity index (χ0) is 19.7. The smallest absolute Gasteiger partial charge is 0.149 e. The molecule has 0 aliphatic heterocycles. The second-order valence-corrected chi connectivity index (χ2v) is 7.25. The number of aryl methyl sites for hydroxylation is 1. The summed E-state index contributed by atoms with van der Waals surface area (Å²) in [7, 11) is 0. The van der Waals surface area contributed by atoms with Crippen LogP contribution in [0.1, 0.15) is 13.3 Å². The molecule has 4 aromatic rings. The fourth-order valence-electron chi connectivity index (χ4n) is 3.10. The maximum Gasteiger partial charge on any atom is 0.149 e. The summed E-state index contributed by atoms with van der Waals surface area (Å²) in [5.41, 5.74) is 3.11. The highest BCUT2D eigenvalue weighted by atomic mass is 35.5. The van der Waals surface area contributed by atoms with Crippen molar-refractivity contribution in [3.05, 3.63) is 70.6 Å². The average Bonchev–Trinajstić information content (AvgIpc) is 3.03. The number of benzene rings is 2. The summed E-state index contributed by atoms with van der Waals surface area (Å²) in [5.74, 6) is 0.950. The first-order chi connectivity index (χ1) is 13.5. The molecule has 142 valence electrons. The molecule has 0 saturated heterocycles. The Bertz CT molecular complexity index is 1140. The van der Waals surface area contributed by atoms with Crippen molar-refractivity contribution in [1.82, 2.24) is 14.5 Å². The molecule has 1 N–H and O–H groups in total. The minimum absolute atomic E-state index is 0.307. The van der Waals surface area contributed by atoms with Crippen molar-refractivity contribution >= 4 is 45.7 Å². The SMILES string of the molecule is CCCn1c(-c2cnc(Nc3ccc(Cl)cc3)c(Cl)c2)nc2cc(F)ccc21. The Morgan fingerprint density at radius 3 is 2.57 bits per heavy atom. The molecule has 0 spiro atoms. The van der Waals surface area contributed by atoms with Gasteiger partial charge in [0.1, 0.15) is 17.5 Å². The molecule has 2 aromatic carbocycles. The predicted octanol–water partition coefficient (Wildman–Crippen LogP) is 6.70. The molecule has 4 rings (SSSR count). The summed E-state index contributed by atoms with van der Waals surface area (Å²) in [4.78, 5) is 9.07. The summed E-state index contributed by atoms with van der Waals surface area (Å²) in [5, 5.41) is 4.30. The normalized spacial score (nSPS) is 11.1. The van der Waals surface area contributed by atoms with E-state index in [-0.39, 0.29) is 5.82 Å². The maximum atomic E-state index is 13.6. The van der Waals surface area contributed by atoms with Gasteiger partial charge in [0.25, 0.3) is 0 Å². The molecule has 0 aliphatic carbocycles. The second kappa shape index (κ2) is 7.78. The van der Waals surface area contributed by atoms with Crippen LogP contribution in [0.25, 0.3) is 22.4 Å². The molecule has 4 nitrogen and oxygen atoms in total. The topological polar surface area (TPSA) is 42.7 Å². The zero-order valence-corrected chi connectivity index (χ0v) is 16.6. The summed E-state index contributed by atoms with van der Waals surface area (Å²) < 4.78 is 15.7. The van der Waals surface area contributed by atoms with Gasteiger partial charge in [0, 0.05) is 35.1 Å². The van der Waals surface area contributed by atoms with Crippen LogP contribution >= 0.6 is 23.2 Å². The van der Waals surface area contributed by atoms with Gasteiger partial charge in [-0.2, -0.15) is 0 Å². The van der Waals surface area contributed by atoms with Gasteiger partial charge in [0.2, 0.25) is 0 Å². The number of nitrogens with one attached hydrogen (secondary N) is 1. The molecule has 0 saturated carbocycles. The summed E-state index contributed by atoms with van der Waals surface area (Å²) >= 11 is 12.4. The number of rotatable bonds is 5. The van der Waals surface area contributed by atoms with Crippen molar-refractivity contribution in [3.8, 4) is 11.4 Å². The average molecular weight is 415 g/mol. The van der Waals surface area contributed by atoms with Gasteiger partial charge in [-0.1, -0.05) is 30.1 Å². The Hall–Kier alpha value is -2.63. The number of nitrogens with zero attached hydrogens (tertiary/aromatic N) is 3. The van der Waals surface area contributed by atoms with Crippen LogP contribution in [0, 0.1) is 5.82 Å². The molecule has 7 heteroatoms. The van der Waals surface area contributed by atoms with Crippen molar-refractivity contribution in [3.63, 3.8) is 0 Å². The fourth-order valence-corrected chi connectivity index (χ4v) is 3.43. The Labute approximate surface area is 172 Å². The van der Waals surface area contributed by atoms with Crippen LogP contribution < -0.4 is 5.32 Å². The van der Waals surface area contributed by atoms with Gasteiger partial charge >= 0.3 is 0 Å². The molecular formula is C21H17Cl2FN4. The number of anilines is 2. The Morgan fingerprint density at radius 2 is 1.86 bits per heavy atom. The van der Waals surface area contributed by atoms with Crippen LogP contribution in [0.4, 0.5) is 15.9 Å². The standard InChI is InChI=1S/C21H17Cl2FN4/c1-2-9-28-19-8-5-15(24)11-18(19)27-21(28)13-10-17(23)20(25-12-13)26-16-6-3-14(22)4-7-16/h3-8,10-12H,2,9H2,1H3,(H,25,26). The number of imidazole rings is 1. The molecule has 0 bridgehead atoms. The van der Waals surface area contributed by atoms with E-state index in [1.54, 1.807) is 24.4 Å². The third-order valence-corrected chi connectivity index (χ3v) is 4.90. The van der Waals surface area contributed by atoms with Crippen LogP contribution in [0.15, 0.2) is 54.7 Å². The minimum Gasteiger partial charge on any atom is -0.339 e. The monoisotopic (exact) mass is 414 g/mol. The minimum atomic E-state index is -0.307. The quantitative estimate of drug-likeness (QED) is 0.395. The molecule has 0 fully saturated rings. The Kier molecular flexibility index (Phi) is 5.20. The predicted molar refractivity (Wildman–Crippen MR) is 113 cm³/mol. The third-order valence-electron chi connectivity index (χ3n) is 4.36. The number of halogens is 3. The van der Waals surface area contributed by atoms with E-state index in [1.165, 1.54) is 12.1 Å². The third kappa shape index (κ3) is 3.68. The molecule has 0 atom stereocenters. The number of pyridine rings is 1. The zero-order valence-electron chi connectivity index (χ0n) is 15.1. The van der Waals surface area contributed by atoms with Gasteiger partial charge in [0.15, 0.2) is 0 Å². The molecule has 28 heavy (non-hydrogen) atoms. The largest absolute Gasteiger partial charge is 0.339 e. The molecule has 0 aliphatic rings. The van der Waals surface area contributed by atoms with E-state index < -0.39 is 0 Å². The van der Waals surface area contributed by atoms with Gasteiger partial charge in [-0.15, -0.1) is 0 Å². The highest BCUT2D eigenvalue weighted by Crippen LogP contribution is 2.31. The lowest BCUT2D eigenvalue weighted by atomic mass is 10.2. The lowest BCUT2D eigenvalue weighted by molar-refractivity contribution is 0.629. The molecule has 2 aromatic heterocycles. The number of hydrogen-bond acceptors (Lipinski definition) is 3. The first-order valence-corrected chi connectivity index (χ1v) is 9.65. The van der Waals surface area contributed by atoms with E-state index in [2.05, 4.69) is 26.8 Å². The first-order valence-electron chi connectivity index (χ1n) is 8.89. The Balaban J connectivity index is 1.72. The van der Waals surface area contributed by atoms with Crippen LogP contribution in [-0.2, 0) is 6.54 Å². The summed E-state index contributed by atoms with van der Waals surface area (Å²) in [6, 6.07) is 13.7. The number of hydrogen-bond donors (Lipinski definition) is 1.